The van der Waals surface area contributed by atoms with Gasteiger partial charge in [0.2, 0.25) is 0 Å². The monoisotopic (exact) mass is 357 g/mol. The van der Waals surface area contributed by atoms with Crippen LogP contribution in [0.1, 0.15) is 23.4 Å². The highest BCUT2D eigenvalue weighted by Crippen LogP contribution is 2.24. The molecule has 0 amide bonds. The molecular formula is C20H27N3O3. The molecule has 1 unspecified atom stereocenters. The predicted molar refractivity (Wildman–Crippen MR) is 100 cm³/mol. The average molecular weight is 357 g/mol. The number of ether oxygens (including phenoxy) is 2. The van der Waals surface area contributed by atoms with Crippen LogP contribution in [0.2, 0.25) is 0 Å². The van der Waals surface area contributed by atoms with Crippen molar-refractivity contribution in [3.05, 3.63) is 53.9 Å². The molecule has 1 aliphatic rings. The molecule has 1 atom stereocenters. The molecule has 1 aromatic heterocycles. The van der Waals surface area contributed by atoms with Crippen molar-refractivity contribution < 1.29 is 14.0 Å². The normalized spacial score (nSPS) is 16.6. The van der Waals surface area contributed by atoms with Crippen molar-refractivity contribution >= 4 is 0 Å². The Kier molecular flexibility index (Phi) is 6.68. The lowest BCUT2D eigenvalue weighted by atomic mass is 10.1. The summed E-state index contributed by atoms with van der Waals surface area (Å²) >= 11 is 0. The molecular weight excluding hydrogens is 330 g/mol. The van der Waals surface area contributed by atoms with E-state index in [0.717, 1.165) is 54.7 Å². The lowest BCUT2D eigenvalue weighted by molar-refractivity contribution is 0.284. The molecule has 2 N–H and O–H groups in total. The number of aryl methyl sites for hydroxylation is 1. The number of rotatable bonds is 10. The molecule has 26 heavy (non-hydrogen) atoms. The van der Waals surface area contributed by atoms with Gasteiger partial charge in [-0.2, -0.15) is 0 Å². The molecule has 0 saturated carbocycles. The van der Waals surface area contributed by atoms with Gasteiger partial charge in [-0.15, -0.1) is 0 Å². The molecule has 2 aromatic rings. The zero-order chi connectivity index (χ0) is 18.2. The number of benzene rings is 1. The van der Waals surface area contributed by atoms with Crippen LogP contribution in [0, 0.1) is 12.8 Å². The highest BCUT2D eigenvalue weighted by atomic mass is 16.5. The maximum absolute atomic E-state index is 5.88. The number of hydrogen-bond donors (Lipinski definition) is 2. The van der Waals surface area contributed by atoms with Crippen LogP contribution in [0.5, 0.6) is 11.5 Å². The molecule has 2 heterocycles. The van der Waals surface area contributed by atoms with E-state index in [-0.39, 0.29) is 0 Å². The van der Waals surface area contributed by atoms with Gasteiger partial charge in [0.1, 0.15) is 36.2 Å². The van der Waals surface area contributed by atoms with Gasteiger partial charge in [0.15, 0.2) is 0 Å². The van der Waals surface area contributed by atoms with Crippen molar-refractivity contribution in [2.24, 2.45) is 5.92 Å². The minimum atomic E-state index is 0.364. The number of nitrogens with one attached hydrogen (secondary N) is 2. The Balaban J connectivity index is 1.60. The Morgan fingerprint density at radius 1 is 1.31 bits per heavy atom. The minimum absolute atomic E-state index is 0.364. The Morgan fingerprint density at radius 3 is 2.85 bits per heavy atom. The van der Waals surface area contributed by atoms with E-state index in [4.69, 9.17) is 14.0 Å². The lowest BCUT2D eigenvalue weighted by Gasteiger charge is -2.13. The summed E-state index contributed by atoms with van der Waals surface area (Å²) in [5, 5.41) is 10.9. The smallest absolute Gasteiger partial charge is 0.134 e. The van der Waals surface area contributed by atoms with Gasteiger partial charge in [0, 0.05) is 18.7 Å². The van der Waals surface area contributed by atoms with Crippen molar-refractivity contribution in [3.63, 3.8) is 0 Å². The van der Waals surface area contributed by atoms with Crippen molar-refractivity contribution in [2.75, 3.05) is 26.2 Å². The van der Waals surface area contributed by atoms with Crippen LogP contribution in [0.3, 0.4) is 0 Å². The van der Waals surface area contributed by atoms with Crippen LogP contribution in [-0.4, -0.2) is 31.4 Å². The molecule has 1 aliphatic heterocycles. The number of aromatic nitrogens is 1. The van der Waals surface area contributed by atoms with Crippen LogP contribution in [0.4, 0.5) is 0 Å². The standard InChI is InChI=1S/C20H27N3O3/c1-3-6-24-19-8-17(13-22-12-16-4-5-21-11-16)9-20(10-19)25-14-18-7-15(2)26-23-18/h3,7-10,16,21-22H,1,4-6,11-14H2,2H3. The second kappa shape index (κ2) is 9.40. The van der Waals surface area contributed by atoms with E-state index in [1.165, 1.54) is 6.42 Å². The molecule has 0 bridgehead atoms. The number of nitrogens with zero attached hydrogens (tertiary/aromatic N) is 1. The average Bonchev–Trinajstić information content (AvgIpc) is 3.30. The van der Waals surface area contributed by atoms with Crippen molar-refractivity contribution in [3.8, 4) is 11.5 Å². The molecule has 0 aliphatic carbocycles. The van der Waals surface area contributed by atoms with E-state index < -0.39 is 0 Å². The van der Waals surface area contributed by atoms with Gasteiger partial charge in [0.05, 0.1) is 0 Å². The molecule has 1 aromatic carbocycles. The summed E-state index contributed by atoms with van der Waals surface area (Å²) in [7, 11) is 0. The van der Waals surface area contributed by atoms with Crippen LogP contribution >= 0.6 is 0 Å². The Hall–Kier alpha value is -2.31. The minimum Gasteiger partial charge on any atom is -0.489 e. The first kappa shape index (κ1) is 18.5. The molecule has 0 spiro atoms. The van der Waals surface area contributed by atoms with E-state index >= 15 is 0 Å². The third-order valence-corrected chi connectivity index (χ3v) is 4.30. The van der Waals surface area contributed by atoms with E-state index in [0.29, 0.717) is 19.1 Å². The Labute approximate surface area is 154 Å². The molecule has 1 saturated heterocycles. The SMILES string of the molecule is C=CCOc1cc(CNCC2CCNC2)cc(OCc2cc(C)on2)c1. The first-order valence-corrected chi connectivity index (χ1v) is 9.07. The summed E-state index contributed by atoms with van der Waals surface area (Å²) < 4.78 is 16.7. The maximum atomic E-state index is 5.88. The quantitative estimate of drug-likeness (QED) is 0.637. The molecule has 6 nitrogen and oxygen atoms in total. The fraction of sp³-hybridized carbons (Fsp3) is 0.450. The second-order valence-electron chi connectivity index (χ2n) is 6.62. The van der Waals surface area contributed by atoms with Crippen LogP contribution < -0.4 is 20.1 Å². The summed E-state index contributed by atoms with van der Waals surface area (Å²) in [6.45, 7) is 10.4. The van der Waals surface area contributed by atoms with Gasteiger partial charge in [0.25, 0.3) is 0 Å². The summed E-state index contributed by atoms with van der Waals surface area (Å²) in [5.74, 6) is 3.02. The highest BCUT2D eigenvalue weighted by molar-refractivity contribution is 5.38. The van der Waals surface area contributed by atoms with Gasteiger partial charge in [-0.3, -0.25) is 0 Å². The number of hydrogen-bond acceptors (Lipinski definition) is 6. The molecule has 0 radical (unpaired) electrons. The van der Waals surface area contributed by atoms with Crippen molar-refractivity contribution in [1.82, 2.24) is 15.8 Å². The van der Waals surface area contributed by atoms with Gasteiger partial charge in [-0.1, -0.05) is 17.8 Å². The Bertz CT molecular complexity index is 708. The zero-order valence-corrected chi connectivity index (χ0v) is 15.3. The lowest BCUT2D eigenvalue weighted by Crippen LogP contribution is -2.24. The van der Waals surface area contributed by atoms with Gasteiger partial charge >= 0.3 is 0 Å². The van der Waals surface area contributed by atoms with Crippen LogP contribution in [0.15, 0.2) is 41.4 Å². The topological polar surface area (TPSA) is 68.5 Å². The molecule has 140 valence electrons. The molecule has 1 fully saturated rings. The predicted octanol–water partition coefficient (Wildman–Crippen LogP) is 2.83. The van der Waals surface area contributed by atoms with Gasteiger partial charge in [-0.25, -0.2) is 0 Å². The fourth-order valence-corrected chi connectivity index (χ4v) is 3.01. The van der Waals surface area contributed by atoms with E-state index in [1.807, 2.05) is 31.2 Å². The van der Waals surface area contributed by atoms with E-state index in [2.05, 4.69) is 22.4 Å². The van der Waals surface area contributed by atoms with Crippen LogP contribution in [0.25, 0.3) is 0 Å². The van der Waals surface area contributed by atoms with E-state index in [9.17, 15) is 0 Å². The maximum Gasteiger partial charge on any atom is 0.134 e. The third kappa shape index (κ3) is 5.61. The fourth-order valence-electron chi connectivity index (χ4n) is 3.01. The Morgan fingerprint density at radius 2 is 2.15 bits per heavy atom. The van der Waals surface area contributed by atoms with Gasteiger partial charge < -0.3 is 24.6 Å². The third-order valence-electron chi connectivity index (χ3n) is 4.30. The first-order valence-electron chi connectivity index (χ1n) is 9.07. The summed E-state index contributed by atoms with van der Waals surface area (Å²) in [6.07, 6.45) is 2.97. The summed E-state index contributed by atoms with van der Waals surface area (Å²) in [5.41, 5.74) is 1.90. The zero-order valence-electron chi connectivity index (χ0n) is 15.3. The first-order chi connectivity index (χ1) is 12.7. The summed E-state index contributed by atoms with van der Waals surface area (Å²) in [6, 6.07) is 7.83. The molecule has 6 heteroatoms. The molecule has 3 rings (SSSR count). The van der Waals surface area contributed by atoms with Crippen LogP contribution in [-0.2, 0) is 13.2 Å². The van der Waals surface area contributed by atoms with Crippen molar-refractivity contribution in [2.45, 2.75) is 26.5 Å². The summed E-state index contributed by atoms with van der Waals surface area (Å²) in [4.78, 5) is 0. The second-order valence-corrected chi connectivity index (χ2v) is 6.62. The van der Waals surface area contributed by atoms with E-state index in [1.54, 1.807) is 6.08 Å². The highest BCUT2D eigenvalue weighted by Gasteiger charge is 2.13. The largest absolute Gasteiger partial charge is 0.489 e. The van der Waals surface area contributed by atoms with Gasteiger partial charge in [-0.05, 0) is 56.6 Å². The van der Waals surface area contributed by atoms with Crippen molar-refractivity contribution in [1.29, 1.82) is 0 Å².